The molecule has 3 nitrogen and oxygen atoms in total. The minimum Gasteiger partial charge on any atom is -0.456 e. The van der Waals surface area contributed by atoms with Gasteiger partial charge >= 0.3 is 0 Å². The van der Waals surface area contributed by atoms with E-state index in [9.17, 15) is 0 Å². The molecule has 2 heterocycles. The maximum absolute atomic E-state index is 6.26. The molecule has 11 aromatic rings. The number of hydrogen-bond donors (Lipinski definition) is 0. The van der Waals surface area contributed by atoms with E-state index in [1.807, 2.05) is 12.1 Å². The van der Waals surface area contributed by atoms with E-state index in [0.29, 0.717) is 0 Å². The third-order valence-electron chi connectivity index (χ3n) is 11.2. The lowest BCUT2D eigenvalue weighted by atomic mass is 9.99. The molecule has 268 valence electrons. The summed E-state index contributed by atoms with van der Waals surface area (Å²) in [5, 5.41) is 4.71. The minimum atomic E-state index is 0.898. The molecule has 2 aromatic heterocycles. The van der Waals surface area contributed by atoms with Crippen molar-refractivity contribution in [2.24, 2.45) is 0 Å². The van der Waals surface area contributed by atoms with Crippen LogP contribution in [0.4, 0.5) is 17.1 Å². The SMILES string of the molecule is c1ccc(-c2cccc(N(c3ccc(-c4ccc5c(c4)oc4ccccc45)cc3)c3ccc4c(c3)c3c(-c5ccccc5)cccc3n4-c3ccccc3)c2)cc1. The van der Waals surface area contributed by atoms with Crippen molar-refractivity contribution in [1.82, 2.24) is 4.57 Å². The van der Waals surface area contributed by atoms with Crippen molar-refractivity contribution >= 4 is 60.8 Å². The lowest BCUT2D eigenvalue weighted by Gasteiger charge is -2.26. The molecule has 3 heteroatoms. The molecular weight excluding hydrogens is 693 g/mol. The van der Waals surface area contributed by atoms with Crippen LogP contribution >= 0.6 is 0 Å². The maximum Gasteiger partial charge on any atom is 0.136 e. The van der Waals surface area contributed by atoms with Crippen LogP contribution in [0.25, 0.3) is 82.8 Å². The first-order valence-corrected chi connectivity index (χ1v) is 19.4. The third kappa shape index (κ3) is 5.68. The van der Waals surface area contributed by atoms with Gasteiger partial charge in [0.15, 0.2) is 0 Å². The highest BCUT2D eigenvalue weighted by Crippen LogP contribution is 2.44. The second-order valence-electron chi connectivity index (χ2n) is 14.5. The monoisotopic (exact) mass is 728 g/mol. The Bertz CT molecular complexity index is 3220. The summed E-state index contributed by atoms with van der Waals surface area (Å²) in [5.74, 6) is 0. The van der Waals surface area contributed by atoms with Crippen molar-refractivity contribution < 1.29 is 4.42 Å². The van der Waals surface area contributed by atoms with E-state index in [2.05, 4.69) is 216 Å². The normalized spacial score (nSPS) is 11.5. The highest BCUT2D eigenvalue weighted by atomic mass is 16.3. The van der Waals surface area contributed by atoms with Gasteiger partial charge in [0.2, 0.25) is 0 Å². The van der Waals surface area contributed by atoms with Crippen molar-refractivity contribution in [2.45, 2.75) is 0 Å². The summed E-state index contributed by atoms with van der Waals surface area (Å²) in [7, 11) is 0. The van der Waals surface area contributed by atoms with Crippen LogP contribution in [0.3, 0.4) is 0 Å². The topological polar surface area (TPSA) is 21.3 Å². The summed E-state index contributed by atoms with van der Waals surface area (Å²) in [4.78, 5) is 2.38. The Hall–Kier alpha value is -7.62. The number of nitrogens with zero attached hydrogens (tertiary/aromatic N) is 2. The van der Waals surface area contributed by atoms with E-state index < -0.39 is 0 Å². The molecule has 0 saturated heterocycles. The van der Waals surface area contributed by atoms with Crippen LogP contribution in [0, 0.1) is 0 Å². The van der Waals surface area contributed by atoms with Gasteiger partial charge in [0.25, 0.3) is 0 Å². The van der Waals surface area contributed by atoms with Crippen LogP contribution in [0.15, 0.2) is 223 Å². The fraction of sp³-hybridized carbons (Fsp3) is 0. The van der Waals surface area contributed by atoms with E-state index in [1.165, 1.54) is 38.5 Å². The molecule has 0 radical (unpaired) electrons. The number of hydrogen-bond acceptors (Lipinski definition) is 2. The van der Waals surface area contributed by atoms with Crippen LogP contribution in [0.1, 0.15) is 0 Å². The van der Waals surface area contributed by atoms with E-state index in [0.717, 1.165) is 61.3 Å². The van der Waals surface area contributed by atoms with E-state index in [1.54, 1.807) is 0 Å². The van der Waals surface area contributed by atoms with E-state index >= 15 is 0 Å². The summed E-state index contributed by atoms with van der Waals surface area (Å²) in [5.41, 5.74) is 15.6. The fourth-order valence-electron chi connectivity index (χ4n) is 8.52. The molecule has 0 aliphatic rings. The van der Waals surface area contributed by atoms with Gasteiger partial charge in [-0.15, -0.1) is 0 Å². The molecule has 11 rings (SSSR count). The highest BCUT2D eigenvalue weighted by molar-refractivity contribution is 6.17. The number of furan rings is 1. The average molecular weight is 729 g/mol. The molecule has 9 aromatic carbocycles. The molecule has 0 aliphatic carbocycles. The van der Waals surface area contributed by atoms with E-state index in [4.69, 9.17) is 4.42 Å². The molecule has 57 heavy (non-hydrogen) atoms. The average Bonchev–Trinajstić information content (AvgIpc) is 3.83. The standard InChI is InChI=1S/C54H36N2O/c1-4-14-37(15-5-1)40-18-12-21-44(34-40)55(43-29-26-38(27-30-43)41-28-32-48-47-22-10-11-25-52(47)57-53(48)35-41)45-31-33-50-49(36-45)54-46(39-16-6-2-7-17-39)23-13-24-51(54)56(50)42-19-8-3-9-20-42/h1-36H. The van der Waals surface area contributed by atoms with Gasteiger partial charge in [0.1, 0.15) is 11.2 Å². The Labute approximate surface area is 330 Å². The summed E-state index contributed by atoms with van der Waals surface area (Å²) in [6, 6.07) is 78.2. The number of fused-ring (bicyclic) bond motifs is 6. The smallest absolute Gasteiger partial charge is 0.136 e. The predicted molar refractivity (Wildman–Crippen MR) is 239 cm³/mol. The van der Waals surface area contributed by atoms with Gasteiger partial charge in [0, 0.05) is 44.3 Å². The maximum atomic E-state index is 6.26. The zero-order chi connectivity index (χ0) is 37.7. The predicted octanol–water partition coefficient (Wildman–Crippen LogP) is 15.2. The lowest BCUT2D eigenvalue weighted by Crippen LogP contribution is -2.10. The first-order valence-electron chi connectivity index (χ1n) is 19.4. The van der Waals surface area contributed by atoms with Crippen molar-refractivity contribution in [3.8, 4) is 39.1 Å². The van der Waals surface area contributed by atoms with Crippen LogP contribution in [-0.2, 0) is 0 Å². The number of aromatic nitrogens is 1. The zero-order valence-electron chi connectivity index (χ0n) is 31.1. The van der Waals surface area contributed by atoms with Crippen LogP contribution in [0.5, 0.6) is 0 Å². The Morgan fingerprint density at radius 3 is 1.74 bits per heavy atom. The highest BCUT2D eigenvalue weighted by Gasteiger charge is 2.20. The van der Waals surface area contributed by atoms with Crippen molar-refractivity contribution in [3.63, 3.8) is 0 Å². The van der Waals surface area contributed by atoms with Crippen molar-refractivity contribution in [1.29, 1.82) is 0 Å². The second-order valence-corrected chi connectivity index (χ2v) is 14.5. The second kappa shape index (κ2) is 13.6. The van der Waals surface area contributed by atoms with Gasteiger partial charge in [-0.05, 0) is 112 Å². The first kappa shape index (κ1) is 32.8. The summed E-state index contributed by atoms with van der Waals surface area (Å²) < 4.78 is 8.66. The van der Waals surface area contributed by atoms with Crippen LogP contribution in [0.2, 0.25) is 0 Å². The minimum absolute atomic E-state index is 0.898. The molecule has 0 saturated carbocycles. The zero-order valence-corrected chi connectivity index (χ0v) is 31.1. The largest absolute Gasteiger partial charge is 0.456 e. The Morgan fingerprint density at radius 2 is 0.930 bits per heavy atom. The van der Waals surface area contributed by atoms with Gasteiger partial charge in [0.05, 0.1) is 11.0 Å². The van der Waals surface area contributed by atoms with Gasteiger partial charge in [-0.25, -0.2) is 0 Å². The summed E-state index contributed by atoms with van der Waals surface area (Å²) >= 11 is 0. The molecular formula is C54H36N2O. The van der Waals surface area contributed by atoms with Crippen molar-refractivity contribution in [2.75, 3.05) is 4.90 Å². The van der Waals surface area contributed by atoms with Gasteiger partial charge in [-0.1, -0.05) is 140 Å². The first-order chi connectivity index (χ1) is 28.3. The molecule has 0 N–H and O–H groups in total. The quantitative estimate of drug-likeness (QED) is 0.163. The number of benzene rings is 9. The molecule has 0 amide bonds. The Balaban J connectivity index is 1.10. The molecule has 0 spiro atoms. The van der Waals surface area contributed by atoms with Gasteiger partial charge in [-0.3, -0.25) is 0 Å². The third-order valence-corrected chi connectivity index (χ3v) is 11.2. The van der Waals surface area contributed by atoms with Crippen LogP contribution in [-0.4, -0.2) is 4.57 Å². The fourth-order valence-corrected chi connectivity index (χ4v) is 8.52. The Kier molecular flexibility index (Phi) is 7.82. The number of para-hydroxylation sites is 2. The Morgan fingerprint density at radius 1 is 0.333 bits per heavy atom. The summed E-state index contributed by atoms with van der Waals surface area (Å²) in [6.45, 7) is 0. The lowest BCUT2D eigenvalue weighted by molar-refractivity contribution is 0.669. The molecule has 0 aliphatic heterocycles. The molecule has 0 unspecified atom stereocenters. The van der Waals surface area contributed by atoms with E-state index in [-0.39, 0.29) is 0 Å². The van der Waals surface area contributed by atoms with Gasteiger partial charge in [-0.2, -0.15) is 0 Å². The van der Waals surface area contributed by atoms with Crippen LogP contribution < -0.4 is 4.90 Å². The molecule has 0 fully saturated rings. The number of anilines is 3. The van der Waals surface area contributed by atoms with Gasteiger partial charge < -0.3 is 13.9 Å². The molecule has 0 bridgehead atoms. The number of rotatable bonds is 7. The molecule has 0 atom stereocenters. The van der Waals surface area contributed by atoms with Crippen molar-refractivity contribution in [3.05, 3.63) is 218 Å². The summed E-state index contributed by atoms with van der Waals surface area (Å²) in [6.07, 6.45) is 0.